The minimum Gasteiger partial charge on any atom is -0.292 e. The van der Waals surface area contributed by atoms with Crippen LogP contribution in [0.1, 0.15) is 27.7 Å². The van der Waals surface area contributed by atoms with Crippen LogP contribution in [0, 0.1) is 11.6 Å². The van der Waals surface area contributed by atoms with Gasteiger partial charge < -0.3 is 0 Å². The van der Waals surface area contributed by atoms with E-state index in [2.05, 4.69) is 0 Å². The van der Waals surface area contributed by atoms with Gasteiger partial charge in [-0.1, -0.05) is 0 Å². The Bertz CT molecular complexity index is 622. The van der Waals surface area contributed by atoms with E-state index in [1.165, 1.54) is 24.3 Å². The molecule has 0 aliphatic heterocycles. The molecule has 0 spiro atoms. The molecule has 128 valence electrons. The second kappa shape index (κ2) is 7.43. The van der Waals surface area contributed by atoms with Gasteiger partial charge in [-0.3, -0.25) is 9.80 Å². The first-order chi connectivity index (χ1) is 11.3. The van der Waals surface area contributed by atoms with E-state index < -0.39 is 0 Å². The molecule has 0 atom stereocenters. The van der Waals surface area contributed by atoms with E-state index in [-0.39, 0.29) is 29.7 Å². The molecule has 0 heterocycles. The Morgan fingerprint density at radius 2 is 1.00 bits per heavy atom. The van der Waals surface area contributed by atoms with Crippen LogP contribution in [0.2, 0.25) is 0 Å². The summed E-state index contributed by atoms with van der Waals surface area (Å²) >= 11 is 0. The summed E-state index contributed by atoms with van der Waals surface area (Å²) in [6.07, 6.45) is 0. The van der Waals surface area contributed by atoms with Gasteiger partial charge in [0.05, 0.1) is 0 Å². The summed E-state index contributed by atoms with van der Waals surface area (Å²) in [5.41, 5.74) is 1.23. The quantitative estimate of drug-likeness (QED) is 0.753. The van der Waals surface area contributed by atoms with Crippen molar-refractivity contribution >= 4 is 17.4 Å². The van der Waals surface area contributed by atoms with Crippen LogP contribution in [0.3, 0.4) is 0 Å². The number of benzene rings is 2. The molecule has 0 aliphatic carbocycles. The molecule has 0 aromatic heterocycles. The number of urea groups is 1. The highest BCUT2D eigenvalue weighted by Gasteiger charge is 2.27. The zero-order valence-electron chi connectivity index (χ0n) is 14.3. The Morgan fingerprint density at radius 1 is 0.708 bits per heavy atom. The van der Waals surface area contributed by atoms with E-state index in [1.54, 1.807) is 34.1 Å². The van der Waals surface area contributed by atoms with E-state index in [4.69, 9.17) is 0 Å². The van der Waals surface area contributed by atoms with Crippen molar-refractivity contribution in [1.82, 2.24) is 0 Å². The normalized spacial score (nSPS) is 11.0. The monoisotopic (exact) mass is 332 g/mol. The molecule has 2 aromatic carbocycles. The molecule has 0 fully saturated rings. The van der Waals surface area contributed by atoms with E-state index in [0.29, 0.717) is 11.4 Å². The summed E-state index contributed by atoms with van der Waals surface area (Å²) in [5, 5.41) is 0. The van der Waals surface area contributed by atoms with Gasteiger partial charge in [-0.15, -0.1) is 0 Å². The van der Waals surface area contributed by atoms with Gasteiger partial charge in [0.15, 0.2) is 0 Å². The molecule has 2 amide bonds. The lowest BCUT2D eigenvalue weighted by Gasteiger charge is -2.35. The van der Waals surface area contributed by atoms with Crippen LogP contribution in [0.5, 0.6) is 0 Å². The van der Waals surface area contributed by atoms with Gasteiger partial charge in [0.1, 0.15) is 11.6 Å². The summed E-state index contributed by atoms with van der Waals surface area (Å²) in [6, 6.07) is 11.2. The van der Waals surface area contributed by atoms with Crippen molar-refractivity contribution in [3.05, 3.63) is 60.2 Å². The number of hydrogen-bond acceptors (Lipinski definition) is 1. The maximum Gasteiger partial charge on any atom is 0.329 e. The molecule has 2 aromatic rings. The highest BCUT2D eigenvalue weighted by Crippen LogP contribution is 2.25. The first-order valence-electron chi connectivity index (χ1n) is 7.95. The van der Waals surface area contributed by atoms with Crippen molar-refractivity contribution in [2.45, 2.75) is 39.8 Å². The van der Waals surface area contributed by atoms with Crippen LogP contribution in [-0.4, -0.2) is 18.1 Å². The van der Waals surface area contributed by atoms with Crippen LogP contribution in [-0.2, 0) is 0 Å². The molecular weight excluding hydrogens is 310 g/mol. The van der Waals surface area contributed by atoms with Crippen LogP contribution in [0.4, 0.5) is 25.0 Å². The predicted molar refractivity (Wildman–Crippen MR) is 93.4 cm³/mol. The van der Waals surface area contributed by atoms with Crippen molar-refractivity contribution in [2.24, 2.45) is 0 Å². The minimum atomic E-state index is -0.353. The van der Waals surface area contributed by atoms with Crippen LogP contribution < -0.4 is 9.80 Å². The lowest BCUT2D eigenvalue weighted by atomic mass is 10.2. The second-order valence-electron chi connectivity index (χ2n) is 6.16. The second-order valence-corrected chi connectivity index (χ2v) is 6.16. The van der Waals surface area contributed by atoms with E-state index >= 15 is 0 Å². The van der Waals surface area contributed by atoms with Crippen LogP contribution >= 0.6 is 0 Å². The smallest absolute Gasteiger partial charge is 0.292 e. The molecule has 0 unspecified atom stereocenters. The molecule has 5 heteroatoms. The molecule has 24 heavy (non-hydrogen) atoms. The Kier molecular flexibility index (Phi) is 5.54. The van der Waals surface area contributed by atoms with Gasteiger partial charge in [0, 0.05) is 23.5 Å². The lowest BCUT2D eigenvalue weighted by Crippen LogP contribution is -2.49. The maximum absolute atomic E-state index is 13.2. The molecule has 0 aliphatic rings. The highest BCUT2D eigenvalue weighted by atomic mass is 19.1. The van der Waals surface area contributed by atoms with E-state index in [9.17, 15) is 13.6 Å². The molecule has 0 radical (unpaired) electrons. The molecule has 0 N–H and O–H groups in total. The summed E-state index contributed by atoms with van der Waals surface area (Å²) in [4.78, 5) is 16.4. The Morgan fingerprint density at radius 3 is 1.25 bits per heavy atom. The molecule has 3 nitrogen and oxygen atoms in total. The third kappa shape index (κ3) is 3.91. The van der Waals surface area contributed by atoms with Gasteiger partial charge in [-0.05, 0) is 76.2 Å². The number of rotatable bonds is 4. The van der Waals surface area contributed by atoms with Gasteiger partial charge in [0.2, 0.25) is 0 Å². The summed E-state index contributed by atoms with van der Waals surface area (Å²) in [5.74, 6) is -0.705. The third-order valence-corrected chi connectivity index (χ3v) is 3.65. The van der Waals surface area contributed by atoms with Crippen molar-refractivity contribution in [3.63, 3.8) is 0 Å². The fourth-order valence-electron chi connectivity index (χ4n) is 2.58. The van der Waals surface area contributed by atoms with Crippen molar-refractivity contribution in [1.29, 1.82) is 0 Å². The molecule has 0 bridgehead atoms. The Labute approximate surface area is 141 Å². The first kappa shape index (κ1) is 17.9. The molecular formula is C19H22F2N2O. The van der Waals surface area contributed by atoms with Crippen molar-refractivity contribution < 1.29 is 13.6 Å². The van der Waals surface area contributed by atoms with Crippen LogP contribution in [0.15, 0.2) is 48.5 Å². The number of carbonyl (C=O) groups excluding carboxylic acids is 1. The first-order valence-corrected chi connectivity index (χ1v) is 7.95. The fourth-order valence-corrected chi connectivity index (χ4v) is 2.58. The summed E-state index contributed by atoms with van der Waals surface area (Å²) in [6.45, 7) is 7.57. The summed E-state index contributed by atoms with van der Waals surface area (Å²) < 4.78 is 26.4. The van der Waals surface area contributed by atoms with Gasteiger partial charge in [-0.25, -0.2) is 13.6 Å². The molecule has 0 saturated carbocycles. The lowest BCUT2D eigenvalue weighted by molar-refractivity contribution is 0.248. The number of halogens is 2. The Balaban J connectivity index is 2.41. The van der Waals surface area contributed by atoms with E-state index in [0.717, 1.165) is 0 Å². The SMILES string of the molecule is CC(C)N(C(=O)N(c1ccc(F)cc1)C(C)C)c1ccc(F)cc1. The zero-order valence-corrected chi connectivity index (χ0v) is 14.3. The highest BCUT2D eigenvalue weighted by molar-refractivity contribution is 6.04. The van der Waals surface area contributed by atoms with E-state index in [1.807, 2.05) is 27.7 Å². The largest absolute Gasteiger partial charge is 0.329 e. The summed E-state index contributed by atoms with van der Waals surface area (Å²) in [7, 11) is 0. The van der Waals surface area contributed by atoms with Crippen molar-refractivity contribution in [2.75, 3.05) is 9.80 Å². The minimum absolute atomic E-state index is 0.121. The average molecular weight is 332 g/mol. The third-order valence-electron chi connectivity index (χ3n) is 3.65. The molecule has 0 saturated heterocycles. The van der Waals surface area contributed by atoms with Gasteiger partial charge in [-0.2, -0.15) is 0 Å². The fraction of sp³-hybridized carbons (Fsp3) is 0.316. The molecule has 2 rings (SSSR count). The number of amides is 2. The predicted octanol–water partition coefficient (Wildman–Crippen LogP) is 5.21. The topological polar surface area (TPSA) is 23.6 Å². The number of anilines is 2. The number of hydrogen-bond donors (Lipinski definition) is 0. The average Bonchev–Trinajstić information content (AvgIpc) is 2.51. The Hall–Kier alpha value is -2.43. The maximum atomic E-state index is 13.2. The zero-order chi connectivity index (χ0) is 17.9. The van der Waals surface area contributed by atoms with Gasteiger partial charge >= 0.3 is 6.03 Å². The number of carbonyl (C=O) groups is 1. The number of nitrogens with zero attached hydrogens (tertiary/aromatic N) is 2. The van der Waals surface area contributed by atoms with Crippen LogP contribution in [0.25, 0.3) is 0 Å². The van der Waals surface area contributed by atoms with Crippen molar-refractivity contribution in [3.8, 4) is 0 Å². The standard InChI is InChI=1S/C19H22F2N2O/c1-13(2)22(17-9-5-15(20)6-10-17)19(24)23(14(3)4)18-11-7-16(21)8-12-18/h5-14H,1-4H3. The van der Waals surface area contributed by atoms with Gasteiger partial charge in [0.25, 0.3) is 0 Å².